The average Bonchev–Trinajstić information content (AvgIpc) is 2.41. The number of hydrogen-bond acceptors (Lipinski definition) is 4. The molecule has 1 heterocycles. The summed E-state index contributed by atoms with van der Waals surface area (Å²) in [4.78, 5) is 14.1. The Kier molecular flexibility index (Phi) is 7.30. The second-order valence-electron chi connectivity index (χ2n) is 5.26. The van der Waals surface area contributed by atoms with E-state index in [0.717, 1.165) is 38.2 Å². The number of unbranched alkanes of at least 4 members (excludes halogenated alkanes) is 1. The zero-order valence-electron chi connectivity index (χ0n) is 13.2. The van der Waals surface area contributed by atoms with Crippen molar-refractivity contribution in [1.82, 2.24) is 15.1 Å². The van der Waals surface area contributed by atoms with E-state index in [2.05, 4.69) is 43.0 Å². The molecule has 0 amide bonds. The molecule has 0 fully saturated rings. The quantitative estimate of drug-likeness (QED) is 0.702. The SMILES string of the molecule is CCN(CC)c1cnn(CCCCNC(C)C)c(=O)c1. The van der Waals surface area contributed by atoms with Crippen LogP contribution in [0.4, 0.5) is 5.69 Å². The van der Waals surface area contributed by atoms with Crippen LogP contribution in [0.5, 0.6) is 0 Å². The number of nitrogens with one attached hydrogen (secondary N) is 1. The van der Waals surface area contributed by atoms with Crippen LogP contribution in [-0.2, 0) is 6.54 Å². The number of nitrogens with zero attached hydrogens (tertiary/aromatic N) is 3. The van der Waals surface area contributed by atoms with E-state index in [4.69, 9.17) is 0 Å². The monoisotopic (exact) mass is 280 g/mol. The van der Waals surface area contributed by atoms with Gasteiger partial charge in [-0.3, -0.25) is 4.79 Å². The lowest BCUT2D eigenvalue weighted by atomic mass is 10.3. The lowest BCUT2D eigenvalue weighted by Gasteiger charge is -2.20. The third-order valence-electron chi connectivity index (χ3n) is 3.33. The first-order valence-electron chi connectivity index (χ1n) is 7.64. The van der Waals surface area contributed by atoms with Gasteiger partial charge in [-0.25, -0.2) is 4.68 Å². The molecule has 1 rings (SSSR count). The zero-order chi connectivity index (χ0) is 15.0. The van der Waals surface area contributed by atoms with Gasteiger partial charge >= 0.3 is 0 Å². The van der Waals surface area contributed by atoms with Crippen LogP contribution in [0.2, 0.25) is 0 Å². The Labute approximate surface area is 122 Å². The Morgan fingerprint density at radius 1 is 1.30 bits per heavy atom. The van der Waals surface area contributed by atoms with E-state index < -0.39 is 0 Å². The molecule has 1 N–H and O–H groups in total. The van der Waals surface area contributed by atoms with Crippen molar-refractivity contribution in [3.8, 4) is 0 Å². The van der Waals surface area contributed by atoms with Crippen LogP contribution in [0, 0.1) is 0 Å². The van der Waals surface area contributed by atoms with E-state index in [1.165, 1.54) is 0 Å². The molecule has 5 nitrogen and oxygen atoms in total. The summed E-state index contributed by atoms with van der Waals surface area (Å²) >= 11 is 0. The van der Waals surface area contributed by atoms with Gasteiger partial charge in [0.15, 0.2) is 0 Å². The summed E-state index contributed by atoms with van der Waals surface area (Å²) in [6.07, 6.45) is 3.82. The maximum absolute atomic E-state index is 12.0. The van der Waals surface area contributed by atoms with E-state index in [9.17, 15) is 4.79 Å². The molecular weight excluding hydrogens is 252 g/mol. The van der Waals surface area contributed by atoms with Crippen LogP contribution in [0.1, 0.15) is 40.5 Å². The fraction of sp³-hybridized carbons (Fsp3) is 0.733. The van der Waals surface area contributed by atoms with Crippen LogP contribution in [0.15, 0.2) is 17.1 Å². The van der Waals surface area contributed by atoms with E-state index >= 15 is 0 Å². The van der Waals surface area contributed by atoms with Crippen molar-refractivity contribution >= 4 is 5.69 Å². The third kappa shape index (κ3) is 5.33. The van der Waals surface area contributed by atoms with Crippen molar-refractivity contribution in [3.05, 3.63) is 22.6 Å². The van der Waals surface area contributed by atoms with Gasteiger partial charge in [-0.15, -0.1) is 0 Å². The summed E-state index contributed by atoms with van der Waals surface area (Å²) in [6.45, 7) is 11.9. The van der Waals surface area contributed by atoms with Crippen LogP contribution in [0.3, 0.4) is 0 Å². The Morgan fingerprint density at radius 3 is 2.55 bits per heavy atom. The Bertz CT molecular complexity index is 438. The van der Waals surface area contributed by atoms with Gasteiger partial charge in [0, 0.05) is 31.7 Å². The minimum Gasteiger partial charge on any atom is -0.371 e. The highest BCUT2D eigenvalue weighted by Gasteiger charge is 2.05. The topological polar surface area (TPSA) is 50.2 Å². The molecule has 1 aromatic heterocycles. The lowest BCUT2D eigenvalue weighted by Crippen LogP contribution is -2.28. The van der Waals surface area contributed by atoms with Crippen LogP contribution < -0.4 is 15.8 Å². The van der Waals surface area contributed by atoms with Gasteiger partial charge in [0.1, 0.15) is 0 Å². The van der Waals surface area contributed by atoms with Gasteiger partial charge in [-0.1, -0.05) is 13.8 Å². The molecule has 0 radical (unpaired) electrons. The summed E-state index contributed by atoms with van der Waals surface area (Å²) in [7, 11) is 0. The highest BCUT2D eigenvalue weighted by molar-refractivity contribution is 5.42. The largest absolute Gasteiger partial charge is 0.371 e. The minimum absolute atomic E-state index is 0.00813. The second kappa shape index (κ2) is 8.74. The third-order valence-corrected chi connectivity index (χ3v) is 3.33. The number of anilines is 1. The standard InChI is InChI=1S/C15H28N4O/c1-5-18(6-2)14-11-15(20)19(17-12-14)10-8-7-9-16-13(3)4/h11-13,16H,5-10H2,1-4H3. The summed E-state index contributed by atoms with van der Waals surface area (Å²) in [5.41, 5.74) is 0.906. The van der Waals surface area contributed by atoms with Gasteiger partial charge in [-0.2, -0.15) is 5.10 Å². The molecule has 20 heavy (non-hydrogen) atoms. The highest BCUT2D eigenvalue weighted by Crippen LogP contribution is 2.08. The maximum Gasteiger partial charge on any atom is 0.268 e. The fourth-order valence-electron chi connectivity index (χ4n) is 2.13. The van der Waals surface area contributed by atoms with Gasteiger partial charge in [0.05, 0.1) is 11.9 Å². The molecule has 0 aliphatic carbocycles. The first kappa shape index (κ1) is 16.7. The van der Waals surface area contributed by atoms with Crippen molar-refractivity contribution in [1.29, 1.82) is 0 Å². The van der Waals surface area contributed by atoms with Crippen molar-refractivity contribution < 1.29 is 0 Å². The molecule has 0 aromatic carbocycles. The molecule has 0 aliphatic heterocycles. The molecule has 0 saturated carbocycles. The second-order valence-corrected chi connectivity index (χ2v) is 5.26. The number of rotatable bonds is 9. The smallest absolute Gasteiger partial charge is 0.268 e. The molecular formula is C15H28N4O. The van der Waals surface area contributed by atoms with Crippen LogP contribution in [-0.4, -0.2) is 35.5 Å². The number of aromatic nitrogens is 2. The van der Waals surface area contributed by atoms with Gasteiger partial charge in [0.2, 0.25) is 0 Å². The summed E-state index contributed by atoms with van der Waals surface area (Å²) in [5.74, 6) is 0. The molecule has 0 atom stereocenters. The molecule has 1 aromatic rings. The zero-order valence-corrected chi connectivity index (χ0v) is 13.2. The van der Waals surface area contributed by atoms with Crippen molar-refractivity contribution in [3.63, 3.8) is 0 Å². The predicted octanol–water partition coefficient (Wildman–Crippen LogP) is 1.87. The van der Waals surface area contributed by atoms with Gasteiger partial charge in [0.25, 0.3) is 5.56 Å². The molecule has 0 spiro atoms. The molecule has 114 valence electrons. The van der Waals surface area contributed by atoms with E-state index in [1.807, 2.05) is 0 Å². The van der Waals surface area contributed by atoms with E-state index in [-0.39, 0.29) is 5.56 Å². The van der Waals surface area contributed by atoms with Gasteiger partial charge in [-0.05, 0) is 33.2 Å². The number of hydrogen-bond donors (Lipinski definition) is 1. The molecule has 0 saturated heterocycles. The van der Waals surface area contributed by atoms with E-state index in [1.54, 1.807) is 16.9 Å². The maximum atomic E-state index is 12.0. The number of aryl methyl sites for hydroxylation is 1. The fourth-order valence-corrected chi connectivity index (χ4v) is 2.13. The van der Waals surface area contributed by atoms with Crippen molar-refractivity contribution in [2.75, 3.05) is 24.5 Å². The first-order valence-corrected chi connectivity index (χ1v) is 7.64. The first-order chi connectivity index (χ1) is 9.58. The normalized spacial score (nSPS) is 11.1. The lowest BCUT2D eigenvalue weighted by molar-refractivity contribution is 0.499. The van der Waals surface area contributed by atoms with Gasteiger partial charge < -0.3 is 10.2 Å². The van der Waals surface area contributed by atoms with Crippen LogP contribution in [0.25, 0.3) is 0 Å². The van der Waals surface area contributed by atoms with Crippen molar-refractivity contribution in [2.45, 2.75) is 53.1 Å². The molecule has 0 unspecified atom stereocenters. The highest BCUT2D eigenvalue weighted by atomic mass is 16.1. The molecule has 5 heteroatoms. The Hall–Kier alpha value is -1.36. The van der Waals surface area contributed by atoms with Crippen LogP contribution >= 0.6 is 0 Å². The molecule has 0 bridgehead atoms. The van der Waals surface area contributed by atoms with Crippen molar-refractivity contribution in [2.24, 2.45) is 0 Å². The summed E-state index contributed by atoms with van der Waals surface area (Å²) in [6, 6.07) is 2.20. The summed E-state index contributed by atoms with van der Waals surface area (Å²) in [5, 5.41) is 7.64. The average molecular weight is 280 g/mol. The predicted molar refractivity (Wildman–Crippen MR) is 84.4 cm³/mol. The minimum atomic E-state index is -0.00813. The summed E-state index contributed by atoms with van der Waals surface area (Å²) < 4.78 is 1.56. The van der Waals surface area contributed by atoms with E-state index in [0.29, 0.717) is 12.6 Å². The Balaban J connectivity index is 2.50. The Morgan fingerprint density at radius 2 is 2.00 bits per heavy atom. The molecule has 0 aliphatic rings.